The molecule has 2 aromatic carbocycles. The third kappa shape index (κ3) is 7.78. The van der Waals surface area contributed by atoms with E-state index in [0.29, 0.717) is 31.2 Å². The first-order valence-corrected chi connectivity index (χ1v) is 9.44. The van der Waals surface area contributed by atoms with E-state index in [1.807, 2.05) is 24.3 Å². The third-order valence-electron chi connectivity index (χ3n) is 4.17. The predicted molar refractivity (Wildman–Crippen MR) is 107 cm³/mol. The molecule has 2 rings (SSSR count). The van der Waals surface area contributed by atoms with Gasteiger partial charge in [0, 0.05) is 13.1 Å². The molecule has 2 aromatic rings. The van der Waals surface area contributed by atoms with Gasteiger partial charge in [0.15, 0.2) is 0 Å². The number of rotatable bonds is 10. The molecule has 0 aliphatic rings. The third-order valence-corrected chi connectivity index (χ3v) is 4.17. The van der Waals surface area contributed by atoms with Crippen LogP contribution in [0.2, 0.25) is 0 Å². The highest BCUT2D eigenvalue weighted by Crippen LogP contribution is 2.18. The second kappa shape index (κ2) is 11.1. The lowest BCUT2D eigenvalue weighted by molar-refractivity contribution is -0.122. The van der Waals surface area contributed by atoms with Gasteiger partial charge in [0.05, 0.1) is 19.4 Å². The zero-order valence-electron chi connectivity index (χ0n) is 16.3. The van der Waals surface area contributed by atoms with Crippen LogP contribution in [0, 0.1) is 5.82 Å². The van der Waals surface area contributed by atoms with Crippen molar-refractivity contribution in [3.8, 4) is 5.75 Å². The maximum atomic E-state index is 13.1. The predicted octanol–water partition coefficient (Wildman–Crippen LogP) is 3.19. The topological polar surface area (TPSA) is 67.4 Å². The number of carbonyl (C=O) groups is 2. The smallest absolute Gasteiger partial charge is 0.224 e. The van der Waals surface area contributed by atoms with Crippen LogP contribution < -0.4 is 15.4 Å². The maximum absolute atomic E-state index is 13.1. The van der Waals surface area contributed by atoms with Gasteiger partial charge < -0.3 is 15.4 Å². The molecular formula is C22H27FN2O3. The molecular weight excluding hydrogens is 359 g/mol. The van der Waals surface area contributed by atoms with Gasteiger partial charge >= 0.3 is 0 Å². The number of halogens is 1. The summed E-state index contributed by atoms with van der Waals surface area (Å²) >= 11 is 0. The van der Waals surface area contributed by atoms with Gasteiger partial charge in [-0.1, -0.05) is 38.1 Å². The number of benzene rings is 2. The lowest BCUT2D eigenvalue weighted by atomic mass is 10.0. The molecule has 0 bridgehead atoms. The van der Waals surface area contributed by atoms with Crippen molar-refractivity contribution in [1.29, 1.82) is 0 Å². The molecule has 0 unspecified atom stereocenters. The largest absolute Gasteiger partial charge is 0.493 e. The Kier molecular flexibility index (Phi) is 8.46. The molecule has 0 fully saturated rings. The number of hydrogen-bond acceptors (Lipinski definition) is 3. The zero-order chi connectivity index (χ0) is 20.4. The molecule has 0 aromatic heterocycles. The summed E-state index contributed by atoms with van der Waals surface area (Å²) in [6.07, 6.45) is 0.346. The van der Waals surface area contributed by atoms with E-state index in [0.717, 1.165) is 5.75 Å². The lowest BCUT2D eigenvalue weighted by Gasteiger charge is -2.10. The van der Waals surface area contributed by atoms with Gasteiger partial charge in [-0.15, -0.1) is 0 Å². The Morgan fingerprint density at radius 2 is 1.68 bits per heavy atom. The van der Waals surface area contributed by atoms with Crippen molar-refractivity contribution < 1.29 is 18.7 Å². The molecule has 0 aliphatic heterocycles. The molecule has 28 heavy (non-hydrogen) atoms. The number of carbonyl (C=O) groups excluding carboxylic acids is 2. The first-order valence-electron chi connectivity index (χ1n) is 9.44. The van der Waals surface area contributed by atoms with Crippen molar-refractivity contribution in [2.24, 2.45) is 0 Å². The molecule has 2 amide bonds. The molecule has 0 spiro atoms. The minimum absolute atomic E-state index is 0.106. The van der Waals surface area contributed by atoms with Crippen LogP contribution in [0.25, 0.3) is 0 Å². The summed E-state index contributed by atoms with van der Waals surface area (Å²) in [6.45, 7) is 5.20. The van der Waals surface area contributed by atoms with Crippen molar-refractivity contribution in [2.75, 3.05) is 19.7 Å². The Labute approximate surface area is 165 Å². The summed E-state index contributed by atoms with van der Waals surface area (Å²) in [5.74, 6) is 0.484. The normalized spacial score (nSPS) is 10.6. The van der Waals surface area contributed by atoms with Gasteiger partial charge in [-0.05, 0) is 41.3 Å². The molecule has 0 aliphatic carbocycles. The Morgan fingerprint density at radius 3 is 2.32 bits per heavy atom. The van der Waals surface area contributed by atoms with Gasteiger partial charge in [0.1, 0.15) is 11.6 Å². The second-order valence-corrected chi connectivity index (χ2v) is 6.83. The maximum Gasteiger partial charge on any atom is 0.224 e. The Morgan fingerprint density at radius 1 is 1.00 bits per heavy atom. The van der Waals surface area contributed by atoms with E-state index in [9.17, 15) is 14.0 Å². The summed E-state index contributed by atoms with van der Waals surface area (Å²) in [6, 6.07) is 13.8. The minimum Gasteiger partial charge on any atom is -0.493 e. The molecule has 0 saturated carbocycles. The number of ether oxygens (including phenoxy) is 1. The first-order chi connectivity index (χ1) is 13.4. The molecule has 150 valence electrons. The molecule has 0 atom stereocenters. The Hall–Kier alpha value is -2.89. The molecule has 0 radical (unpaired) electrons. The average Bonchev–Trinajstić information content (AvgIpc) is 2.66. The number of amides is 2. The van der Waals surface area contributed by atoms with Crippen LogP contribution in [0.1, 0.15) is 37.3 Å². The minimum atomic E-state index is -0.365. The van der Waals surface area contributed by atoms with Crippen molar-refractivity contribution in [2.45, 2.75) is 32.6 Å². The Balaban J connectivity index is 1.56. The monoisotopic (exact) mass is 386 g/mol. The zero-order valence-corrected chi connectivity index (χ0v) is 16.3. The van der Waals surface area contributed by atoms with E-state index >= 15 is 0 Å². The van der Waals surface area contributed by atoms with E-state index in [-0.39, 0.29) is 30.5 Å². The molecule has 0 heterocycles. The van der Waals surface area contributed by atoms with Crippen LogP contribution in [0.4, 0.5) is 4.39 Å². The van der Waals surface area contributed by atoms with E-state index < -0.39 is 0 Å². The van der Waals surface area contributed by atoms with E-state index in [4.69, 9.17) is 4.74 Å². The Bertz CT molecular complexity index is 776. The van der Waals surface area contributed by atoms with E-state index in [1.165, 1.54) is 17.7 Å². The summed E-state index contributed by atoms with van der Waals surface area (Å²) in [4.78, 5) is 23.6. The van der Waals surface area contributed by atoms with Crippen LogP contribution in [-0.2, 0) is 16.0 Å². The van der Waals surface area contributed by atoms with Crippen molar-refractivity contribution in [3.63, 3.8) is 0 Å². The highest BCUT2D eigenvalue weighted by atomic mass is 19.1. The van der Waals surface area contributed by atoms with Crippen molar-refractivity contribution in [1.82, 2.24) is 10.6 Å². The van der Waals surface area contributed by atoms with Crippen molar-refractivity contribution in [3.05, 3.63) is 65.5 Å². The fraction of sp³-hybridized carbons (Fsp3) is 0.364. The van der Waals surface area contributed by atoms with Crippen LogP contribution in [0.3, 0.4) is 0 Å². The summed E-state index contributed by atoms with van der Waals surface area (Å²) in [5, 5.41) is 5.42. The SMILES string of the molecule is CC(C)c1ccc(OCCC(=O)NCCNC(=O)Cc2cccc(F)c2)cc1. The number of nitrogens with one attached hydrogen (secondary N) is 2. The van der Waals surface area contributed by atoms with Crippen LogP contribution in [0.5, 0.6) is 5.75 Å². The second-order valence-electron chi connectivity index (χ2n) is 6.83. The standard InChI is InChI=1S/C22H27FN2O3/c1-16(2)18-6-8-20(9-7-18)28-13-10-21(26)24-11-12-25-22(27)15-17-4-3-5-19(23)14-17/h3-9,14,16H,10-13,15H2,1-2H3,(H,24,26)(H,25,27). The van der Waals surface area contributed by atoms with Crippen LogP contribution >= 0.6 is 0 Å². The molecule has 2 N–H and O–H groups in total. The average molecular weight is 386 g/mol. The lowest BCUT2D eigenvalue weighted by Crippen LogP contribution is -2.35. The van der Waals surface area contributed by atoms with Crippen LogP contribution in [0.15, 0.2) is 48.5 Å². The van der Waals surface area contributed by atoms with Gasteiger partial charge in [0.2, 0.25) is 11.8 Å². The highest BCUT2D eigenvalue weighted by Gasteiger charge is 2.05. The fourth-order valence-electron chi connectivity index (χ4n) is 2.60. The highest BCUT2D eigenvalue weighted by molar-refractivity contribution is 5.79. The van der Waals surface area contributed by atoms with E-state index in [1.54, 1.807) is 12.1 Å². The van der Waals surface area contributed by atoms with E-state index in [2.05, 4.69) is 24.5 Å². The fourth-order valence-corrected chi connectivity index (χ4v) is 2.60. The summed E-state index contributed by atoms with van der Waals surface area (Å²) < 4.78 is 18.7. The molecule has 0 saturated heterocycles. The van der Waals surface area contributed by atoms with Crippen LogP contribution in [-0.4, -0.2) is 31.5 Å². The van der Waals surface area contributed by atoms with Gasteiger partial charge in [-0.25, -0.2) is 4.39 Å². The van der Waals surface area contributed by atoms with Gasteiger partial charge in [-0.2, -0.15) is 0 Å². The van der Waals surface area contributed by atoms with Gasteiger partial charge in [-0.3, -0.25) is 9.59 Å². The van der Waals surface area contributed by atoms with Crippen molar-refractivity contribution >= 4 is 11.8 Å². The molecule has 6 heteroatoms. The summed E-state index contributed by atoms with van der Waals surface area (Å²) in [5.41, 5.74) is 1.85. The number of hydrogen-bond donors (Lipinski definition) is 2. The summed E-state index contributed by atoms with van der Waals surface area (Å²) in [7, 11) is 0. The first kappa shape index (κ1) is 21.4. The quantitative estimate of drug-likeness (QED) is 0.616. The molecule has 5 nitrogen and oxygen atoms in total. The van der Waals surface area contributed by atoms with Gasteiger partial charge in [0.25, 0.3) is 0 Å².